The zero-order valence-electron chi connectivity index (χ0n) is 38.9. The summed E-state index contributed by atoms with van der Waals surface area (Å²) in [5, 5.41) is 40.3. The molecule has 0 saturated carbocycles. The van der Waals surface area contributed by atoms with Crippen LogP contribution < -0.4 is 10.6 Å². The molecule has 5 heterocycles. The standard InChI is InChI=1S/C47H80N2O10S/c1-14-32(41(52)53)34-18-17-26(4)39(56-34)30(8)37(50)29(7)38(51)33(15-2)40-27(5)25-28(6)46(57-40)22-19-35(48-42(60)49-43(10,11)12)47(59-46)24-23-44(13,58-47)36-20-21-45(54,16-3)31(9)55-36/h19,22,26-37,39-40,50,54H,14-18,20-21,23-25H2,1-13H3,(H,52,53)(H2,48,49,60)/t26-,27-,28+,29-,30-,31-,32+,33-,34+,35+,36+,37+,39+,40-,44-,45+,46-,47-/m0/s1. The molecule has 0 amide bonds. The fourth-order valence-corrected chi connectivity index (χ4v) is 11.6. The van der Waals surface area contributed by atoms with Crippen molar-refractivity contribution >= 4 is 29.1 Å². The number of nitrogens with one attached hydrogen (secondary N) is 2. The van der Waals surface area contributed by atoms with Crippen molar-refractivity contribution < 1.29 is 48.6 Å². The number of carbonyl (C=O) groups is 2. The molecule has 13 heteroatoms. The van der Waals surface area contributed by atoms with E-state index in [4.69, 9.17) is 35.9 Å². The largest absolute Gasteiger partial charge is 0.481 e. The first-order valence-corrected chi connectivity index (χ1v) is 23.6. The number of aliphatic carboxylic acids is 1. The Morgan fingerprint density at radius 3 is 2.17 bits per heavy atom. The Morgan fingerprint density at radius 1 is 0.917 bits per heavy atom. The highest BCUT2D eigenvalue weighted by atomic mass is 32.1. The minimum Gasteiger partial charge on any atom is -0.481 e. The number of aliphatic hydroxyl groups excluding tert-OH is 1. The lowest BCUT2D eigenvalue weighted by molar-refractivity contribution is -0.397. The van der Waals surface area contributed by atoms with E-state index in [2.05, 4.69) is 65.2 Å². The fraction of sp³-hybridized carbons (Fsp3) is 0.894. The molecule has 0 aromatic rings. The predicted octanol–water partition coefficient (Wildman–Crippen LogP) is 7.46. The Morgan fingerprint density at radius 2 is 1.58 bits per heavy atom. The summed E-state index contributed by atoms with van der Waals surface area (Å²) in [5.74, 6) is -5.56. The number of carboxylic acid groups (broad SMARTS) is 1. The SMILES string of the molecule is CC[C@@H](C(=O)[C@@H](C)[C@@H](O)[C@H](C)[C@@H]1O[C@@H]([C@@H](CC)C(=O)O)CC[C@@H]1C)[C@H]1O[C@]2(C=C[C@@H](NC(=S)NC(C)(C)C)[C@]3(CC[C@@](C)([C@H]4CC[C@](O)(CC)[C@H](C)O4)O3)O2)[C@H](C)C[C@@H]1C. The molecule has 2 spiro atoms. The highest BCUT2D eigenvalue weighted by molar-refractivity contribution is 7.80. The lowest BCUT2D eigenvalue weighted by Gasteiger charge is -2.55. The summed E-state index contributed by atoms with van der Waals surface area (Å²) in [5.41, 5.74) is -1.89. The number of rotatable bonds is 13. The summed E-state index contributed by atoms with van der Waals surface area (Å²) in [6, 6.07) is -0.471. The molecule has 4 saturated heterocycles. The maximum atomic E-state index is 14.7. The van der Waals surface area contributed by atoms with Gasteiger partial charge in [0.25, 0.3) is 0 Å². The van der Waals surface area contributed by atoms with Crippen molar-refractivity contribution in [3.63, 3.8) is 0 Å². The van der Waals surface area contributed by atoms with Crippen molar-refractivity contribution in [2.75, 3.05) is 0 Å². The molecule has 5 rings (SSSR count). The molecule has 5 aliphatic heterocycles. The van der Waals surface area contributed by atoms with Gasteiger partial charge in [0.2, 0.25) is 0 Å². The number of ether oxygens (including phenoxy) is 5. The molecular formula is C47H80N2O10S. The van der Waals surface area contributed by atoms with E-state index in [0.717, 1.165) is 12.8 Å². The van der Waals surface area contributed by atoms with Gasteiger partial charge in [-0.15, -0.1) is 0 Å². The van der Waals surface area contributed by atoms with Gasteiger partial charge in [0.1, 0.15) is 11.8 Å². The molecule has 344 valence electrons. The van der Waals surface area contributed by atoms with Crippen LogP contribution in [-0.4, -0.2) is 103 Å². The Balaban J connectivity index is 1.40. The number of ketones is 1. The van der Waals surface area contributed by atoms with E-state index < -0.39 is 76.8 Å². The van der Waals surface area contributed by atoms with Crippen LogP contribution in [-0.2, 0) is 33.3 Å². The fourth-order valence-electron chi connectivity index (χ4n) is 11.2. The molecule has 0 aliphatic carbocycles. The topological polar surface area (TPSA) is 165 Å². The Bertz CT molecular complexity index is 1560. The summed E-state index contributed by atoms with van der Waals surface area (Å²) in [7, 11) is 0. The Kier molecular flexibility index (Phi) is 15.4. The van der Waals surface area contributed by atoms with Crippen molar-refractivity contribution in [2.45, 2.75) is 225 Å². The predicted molar refractivity (Wildman–Crippen MR) is 235 cm³/mol. The van der Waals surface area contributed by atoms with Crippen LogP contribution in [0.15, 0.2) is 12.2 Å². The normalized spacial score (nSPS) is 42.3. The number of aliphatic hydroxyl groups is 2. The quantitative estimate of drug-likeness (QED) is 0.0917. The molecular weight excluding hydrogens is 785 g/mol. The van der Waals surface area contributed by atoms with Gasteiger partial charge in [-0.1, -0.05) is 61.5 Å². The summed E-state index contributed by atoms with van der Waals surface area (Å²) >= 11 is 5.83. The van der Waals surface area contributed by atoms with Crippen LogP contribution in [0, 0.1) is 41.4 Å². The Labute approximate surface area is 366 Å². The van der Waals surface area contributed by atoms with Gasteiger partial charge in [-0.3, -0.25) is 9.59 Å². The smallest absolute Gasteiger partial charge is 0.309 e. The minimum absolute atomic E-state index is 0.0160. The minimum atomic E-state index is -1.22. The Hall–Kier alpha value is -1.71. The van der Waals surface area contributed by atoms with Gasteiger partial charge in [-0.25, -0.2) is 0 Å². The molecule has 0 aromatic heterocycles. The van der Waals surface area contributed by atoms with Gasteiger partial charge >= 0.3 is 5.97 Å². The molecule has 4 fully saturated rings. The molecule has 5 N–H and O–H groups in total. The van der Waals surface area contributed by atoms with Gasteiger partial charge in [0.15, 0.2) is 16.7 Å². The molecule has 60 heavy (non-hydrogen) atoms. The van der Waals surface area contributed by atoms with Crippen molar-refractivity contribution in [3.05, 3.63) is 12.2 Å². The van der Waals surface area contributed by atoms with Crippen molar-refractivity contribution in [3.8, 4) is 0 Å². The van der Waals surface area contributed by atoms with Gasteiger partial charge in [-0.2, -0.15) is 0 Å². The second-order valence-corrected chi connectivity index (χ2v) is 21.2. The number of carboxylic acids is 1. The highest BCUT2D eigenvalue weighted by Crippen LogP contribution is 2.54. The monoisotopic (exact) mass is 865 g/mol. The number of carbonyl (C=O) groups excluding carboxylic acids is 1. The number of Topliss-reactive ketones (excluding diaryl/α,β-unsaturated/α-hetero) is 1. The van der Waals surface area contributed by atoms with E-state index in [0.29, 0.717) is 56.5 Å². The van der Waals surface area contributed by atoms with E-state index in [1.165, 1.54) is 0 Å². The van der Waals surface area contributed by atoms with Crippen LogP contribution in [0.4, 0.5) is 0 Å². The third-order valence-electron chi connectivity index (χ3n) is 15.3. The van der Waals surface area contributed by atoms with Gasteiger partial charge in [0.05, 0.1) is 53.7 Å². The molecule has 12 nitrogen and oxygen atoms in total. The summed E-state index contributed by atoms with van der Waals surface area (Å²) < 4.78 is 34.8. The lowest BCUT2D eigenvalue weighted by atomic mass is 9.72. The lowest BCUT2D eigenvalue weighted by Crippen LogP contribution is -2.66. The second kappa shape index (κ2) is 18.8. The third kappa shape index (κ3) is 9.98. The van der Waals surface area contributed by atoms with Crippen molar-refractivity contribution in [1.82, 2.24) is 10.6 Å². The average Bonchev–Trinajstić information content (AvgIpc) is 3.52. The van der Waals surface area contributed by atoms with Crippen molar-refractivity contribution in [1.29, 1.82) is 0 Å². The zero-order chi connectivity index (χ0) is 44.7. The summed E-state index contributed by atoms with van der Waals surface area (Å²) in [4.78, 5) is 26.7. The highest BCUT2D eigenvalue weighted by Gasteiger charge is 2.63. The van der Waals surface area contributed by atoms with Gasteiger partial charge in [-0.05, 0) is 123 Å². The third-order valence-corrected chi connectivity index (χ3v) is 15.5. The number of hydrogen-bond acceptors (Lipinski definition) is 10. The first kappa shape index (κ1) is 49.3. The van der Waals surface area contributed by atoms with E-state index in [1.807, 2.05) is 40.7 Å². The van der Waals surface area contributed by atoms with Crippen LogP contribution in [0.3, 0.4) is 0 Å². The molecule has 0 radical (unpaired) electrons. The second-order valence-electron chi connectivity index (χ2n) is 20.8. The van der Waals surface area contributed by atoms with Crippen LogP contribution >= 0.6 is 12.2 Å². The van der Waals surface area contributed by atoms with E-state index in [-0.39, 0.29) is 47.4 Å². The first-order valence-electron chi connectivity index (χ1n) is 23.2. The van der Waals surface area contributed by atoms with Crippen molar-refractivity contribution in [2.24, 2.45) is 41.4 Å². The zero-order valence-corrected chi connectivity index (χ0v) is 39.7. The van der Waals surface area contributed by atoms with Gasteiger partial charge < -0.3 is 49.6 Å². The first-order chi connectivity index (χ1) is 27.9. The average molecular weight is 865 g/mol. The van der Waals surface area contributed by atoms with Gasteiger partial charge in [0, 0.05) is 35.6 Å². The molecule has 18 atom stereocenters. The maximum Gasteiger partial charge on any atom is 0.309 e. The number of thiocarbonyl (C=S) groups is 1. The van der Waals surface area contributed by atoms with Crippen LogP contribution in [0.2, 0.25) is 0 Å². The summed E-state index contributed by atoms with van der Waals surface area (Å²) in [6.45, 7) is 26.1. The molecule has 5 aliphatic rings. The van der Waals surface area contributed by atoms with E-state index in [9.17, 15) is 24.9 Å². The molecule has 0 unspecified atom stereocenters. The molecule has 0 aromatic carbocycles. The summed E-state index contributed by atoms with van der Waals surface area (Å²) in [6.07, 6.45) is 7.32. The van der Waals surface area contributed by atoms with E-state index >= 15 is 0 Å². The number of hydrogen-bond donors (Lipinski definition) is 5. The van der Waals surface area contributed by atoms with Crippen LogP contribution in [0.25, 0.3) is 0 Å². The van der Waals surface area contributed by atoms with Crippen LogP contribution in [0.1, 0.15) is 154 Å². The van der Waals surface area contributed by atoms with Crippen LogP contribution in [0.5, 0.6) is 0 Å². The van der Waals surface area contributed by atoms with E-state index in [1.54, 1.807) is 6.92 Å². The maximum absolute atomic E-state index is 14.7. The molecule has 0 bridgehead atoms.